The summed E-state index contributed by atoms with van der Waals surface area (Å²) in [7, 11) is 0. The Kier molecular flexibility index (Phi) is 3.32. The summed E-state index contributed by atoms with van der Waals surface area (Å²) in [5, 5.41) is 2.27. The zero-order valence-electron chi connectivity index (χ0n) is 11.1. The fraction of sp³-hybridized carbons (Fsp3) is 0.333. The van der Waals surface area contributed by atoms with E-state index in [1.165, 1.54) is 5.39 Å². The Morgan fingerprint density at radius 1 is 1.17 bits per heavy atom. The molecule has 0 atom stereocenters. The van der Waals surface area contributed by atoms with Gasteiger partial charge in [0.25, 0.3) is 5.91 Å². The molecule has 1 aromatic carbocycles. The van der Waals surface area contributed by atoms with Crippen molar-refractivity contribution in [2.45, 2.75) is 27.2 Å². The van der Waals surface area contributed by atoms with Gasteiger partial charge in [-0.3, -0.25) is 4.79 Å². The molecule has 0 saturated carbocycles. The van der Waals surface area contributed by atoms with Crippen LogP contribution in [0.15, 0.2) is 42.7 Å². The SMILES string of the molecule is CC(C)(C)CC(=O)N[n+]1ccc2ccccc2c1. The van der Waals surface area contributed by atoms with Crippen molar-refractivity contribution in [2.24, 2.45) is 5.41 Å². The maximum Gasteiger partial charge on any atom is 0.275 e. The number of hydrogen-bond acceptors (Lipinski definition) is 1. The van der Waals surface area contributed by atoms with Crippen LogP contribution < -0.4 is 10.1 Å². The number of aromatic nitrogens is 1. The Labute approximate surface area is 107 Å². The van der Waals surface area contributed by atoms with Gasteiger partial charge in [-0.1, -0.05) is 43.6 Å². The van der Waals surface area contributed by atoms with Crippen molar-refractivity contribution in [1.29, 1.82) is 0 Å². The highest BCUT2D eigenvalue weighted by atomic mass is 16.2. The molecule has 2 aromatic rings. The van der Waals surface area contributed by atoms with Gasteiger partial charge in [0, 0.05) is 17.9 Å². The Balaban J connectivity index is 2.15. The third-order valence-electron chi connectivity index (χ3n) is 2.63. The van der Waals surface area contributed by atoms with Gasteiger partial charge < -0.3 is 0 Å². The Hall–Kier alpha value is -1.90. The molecule has 2 rings (SSSR count). The van der Waals surface area contributed by atoms with Gasteiger partial charge in [0.15, 0.2) is 0 Å². The second kappa shape index (κ2) is 4.77. The fourth-order valence-corrected chi connectivity index (χ4v) is 1.87. The molecule has 0 radical (unpaired) electrons. The monoisotopic (exact) mass is 243 g/mol. The molecule has 0 fully saturated rings. The van der Waals surface area contributed by atoms with Crippen LogP contribution in [0.5, 0.6) is 0 Å². The number of amides is 1. The second-order valence-corrected chi connectivity index (χ2v) is 5.75. The lowest BCUT2D eigenvalue weighted by atomic mass is 9.92. The minimum absolute atomic E-state index is 0.00148. The van der Waals surface area contributed by atoms with E-state index in [1.807, 2.05) is 36.7 Å². The molecule has 1 heterocycles. The van der Waals surface area contributed by atoms with E-state index in [1.54, 1.807) is 4.68 Å². The summed E-state index contributed by atoms with van der Waals surface area (Å²) in [6.45, 7) is 6.16. The quantitative estimate of drug-likeness (QED) is 0.808. The lowest BCUT2D eigenvalue weighted by Gasteiger charge is -2.15. The van der Waals surface area contributed by atoms with E-state index in [2.05, 4.69) is 32.3 Å². The maximum absolute atomic E-state index is 11.8. The summed E-state index contributed by atoms with van der Waals surface area (Å²) in [6.07, 6.45) is 4.30. The molecule has 0 bridgehead atoms. The summed E-state index contributed by atoms with van der Waals surface area (Å²) >= 11 is 0. The van der Waals surface area contributed by atoms with Crippen LogP contribution in [0.25, 0.3) is 10.8 Å². The van der Waals surface area contributed by atoms with Gasteiger partial charge in [-0.15, -0.1) is 5.43 Å². The van der Waals surface area contributed by atoms with Gasteiger partial charge in [-0.25, -0.2) is 0 Å². The predicted molar refractivity (Wildman–Crippen MR) is 72.6 cm³/mol. The van der Waals surface area contributed by atoms with Crippen LogP contribution in [0.4, 0.5) is 0 Å². The first-order chi connectivity index (χ1) is 8.44. The van der Waals surface area contributed by atoms with Crippen molar-refractivity contribution in [2.75, 3.05) is 5.43 Å². The molecule has 94 valence electrons. The van der Waals surface area contributed by atoms with Crippen molar-refractivity contribution < 1.29 is 9.47 Å². The summed E-state index contributed by atoms with van der Waals surface area (Å²) in [4.78, 5) is 11.8. The number of benzene rings is 1. The number of hydrogen-bond donors (Lipinski definition) is 1. The minimum Gasteiger partial charge on any atom is -0.269 e. The highest BCUT2D eigenvalue weighted by Crippen LogP contribution is 2.17. The maximum atomic E-state index is 11.8. The fourth-order valence-electron chi connectivity index (χ4n) is 1.87. The number of fused-ring (bicyclic) bond motifs is 1. The van der Waals surface area contributed by atoms with E-state index in [0.29, 0.717) is 6.42 Å². The van der Waals surface area contributed by atoms with E-state index in [0.717, 1.165) is 5.39 Å². The summed E-state index contributed by atoms with van der Waals surface area (Å²) in [5.41, 5.74) is 2.87. The summed E-state index contributed by atoms with van der Waals surface area (Å²) in [5.74, 6) is 0.0304. The van der Waals surface area contributed by atoms with Crippen molar-refractivity contribution in [1.82, 2.24) is 0 Å². The second-order valence-electron chi connectivity index (χ2n) is 5.75. The van der Waals surface area contributed by atoms with Gasteiger partial charge in [-0.05, 0) is 16.9 Å². The van der Waals surface area contributed by atoms with Crippen LogP contribution in [0, 0.1) is 5.41 Å². The number of pyridine rings is 1. The molecule has 0 spiro atoms. The van der Waals surface area contributed by atoms with E-state index in [4.69, 9.17) is 0 Å². The third kappa shape index (κ3) is 3.29. The number of carbonyl (C=O) groups is 1. The normalized spacial score (nSPS) is 11.5. The number of carbonyl (C=O) groups excluding carboxylic acids is 1. The molecule has 18 heavy (non-hydrogen) atoms. The van der Waals surface area contributed by atoms with Crippen LogP contribution >= 0.6 is 0 Å². The first-order valence-electron chi connectivity index (χ1n) is 6.14. The molecule has 1 aromatic heterocycles. The molecule has 1 N–H and O–H groups in total. The predicted octanol–water partition coefficient (Wildman–Crippen LogP) is 2.63. The average molecular weight is 243 g/mol. The molecule has 1 amide bonds. The van der Waals surface area contributed by atoms with Gasteiger partial charge in [0.05, 0.1) is 0 Å². The molecule has 0 aliphatic carbocycles. The van der Waals surface area contributed by atoms with Crippen LogP contribution in [-0.4, -0.2) is 5.91 Å². The summed E-state index contributed by atoms with van der Waals surface area (Å²) < 4.78 is 1.72. The van der Waals surface area contributed by atoms with Crippen LogP contribution in [-0.2, 0) is 4.79 Å². The highest BCUT2D eigenvalue weighted by molar-refractivity contribution is 5.83. The number of nitrogens with zero attached hydrogens (tertiary/aromatic N) is 1. The smallest absolute Gasteiger partial charge is 0.269 e. The number of nitrogens with one attached hydrogen (secondary N) is 1. The van der Waals surface area contributed by atoms with E-state index < -0.39 is 0 Å². The van der Waals surface area contributed by atoms with Gasteiger partial charge >= 0.3 is 0 Å². The zero-order valence-corrected chi connectivity index (χ0v) is 11.1. The average Bonchev–Trinajstić information content (AvgIpc) is 2.26. The van der Waals surface area contributed by atoms with Crippen LogP contribution in [0.1, 0.15) is 27.2 Å². The Bertz CT molecular complexity index is 570. The Morgan fingerprint density at radius 2 is 1.83 bits per heavy atom. The van der Waals surface area contributed by atoms with Crippen LogP contribution in [0.2, 0.25) is 0 Å². The first kappa shape index (κ1) is 12.6. The van der Waals surface area contributed by atoms with Gasteiger partial charge in [-0.2, -0.15) is 0 Å². The van der Waals surface area contributed by atoms with Crippen molar-refractivity contribution in [3.8, 4) is 0 Å². The molecule has 0 aliphatic rings. The first-order valence-corrected chi connectivity index (χ1v) is 6.14. The van der Waals surface area contributed by atoms with E-state index >= 15 is 0 Å². The molecular formula is C15H19N2O+. The minimum atomic E-state index is 0.00148. The molecular weight excluding hydrogens is 224 g/mol. The third-order valence-corrected chi connectivity index (χ3v) is 2.63. The lowest BCUT2D eigenvalue weighted by molar-refractivity contribution is -0.641. The molecule has 3 nitrogen and oxygen atoms in total. The Morgan fingerprint density at radius 3 is 2.50 bits per heavy atom. The molecule has 0 unspecified atom stereocenters. The number of rotatable bonds is 2. The summed E-state index contributed by atoms with van der Waals surface area (Å²) in [6, 6.07) is 10.1. The lowest BCUT2D eigenvalue weighted by Crippen LogP contribution is -2.48. The highest BCUT2D eigenvalue weighted by Gasteiger charge is 2.18. The standard InChI is InChI=1S/C15H18N2O/c1-15(2,3)10-14(18)16-17-9-8-12-6-4-5-7-13(12)11-17/h4-9,11H,10H2,1-3H3/p+1. The van der Waals surface area contributed by atoms with Gasteiger partial charge in [0.2, 0.25) is 12.4 Å². The molecule has 0 saturated heterocycles. The molecule has 0 aliphatic heterocycles. The van der Waals surface area contributed by atoms with Crippen molar-refractivity contribution in [3.63, 3.8) is 0 Å². The van der Waals surface area contributed by atoms with Crippen molar-refractivity contribution >= 4 is 16.7 Å². The van der Waals surface area contributed by atoms with Crippen LogP contribution in [0.3, 0.4) is 0 Å². The van der Waals surface area contributed by atoms with E-state index in [9.17, 15) is 4.79 Å². The van der Waals surface area contributed by atoms with Gasteiger partial charge in [0.1, 0.15) is 0 Å². The van der Waals surface area contributed by atoms with E-state index in [-0.39, 0.29) is 11.3 Å². The zero-order chi connectivity index (χ0) is 13.2. The topological polar surface area (TPSA) is 33.0 Å². The molecule has 3 heteroatoms. The largest absolute Gasteiger partial charge is 0.275 e. The van der Waals surface area contributed by atoms with Crippen molar-refractivity contribution in [3.05, 3.63) is 42.7 Å².